The number of ether oxygens (including phenoxy) is 1. The molecule has 0 saturated carbocycles. The predicted octanol–water partition coefficient (Wildman–Crippen LogP) is 4.57. The number of hydrogen-bond acceptors (Lipinski definition) is 5. The summed E-state index contributed by atoms with van der Waals surface area (Å²) in [6.07, 6.45) is 1.70. The number of amides is 1. The Kier molecular flexibility index (Phi) is 7.26. The lowest BCUT2D eigenvalue weighted by Gasteiger charge is -2.10. The lowest BCUT2D eigenvalue weighted by molar-refractivity contribution is -0.113. The molecule has 6 nitrogen and oxygen atoms in total. The van der Waals surface area contributed by atoms with Crippen molar-refractivity contribution in [1.29, 1.82) is 0 Å². The van der Waals surface area contributed by atoms with Gasteiger partial charge in [-0.05, 0) is 24.3 Å². The number of halogens is 2. The van der Waals surface area contributed by atoms with Gasteiger partial charge in [0.1, 0.15) is 18.2 Å². The average Bonchev–Trinajstić information content (AvgIpc) is 3.09. The van der Waals surface area contributed by atoms with E-state index in [9.17, 15) is 9.18 Å². The van der Waals surface area contributed by atoms with Gasteiger partial charge in [-0.2, -0.15) is 0 Å². The molecule has 3 aromatic rings. The van der Waals surface area contributed by atoms with Crippen LogP contribution in [0, 0.1) is 5.82 Å². The summed E-state index contributed by atoms with van der Waals surface area (Å²) < 4.78 is 21.2. The van der Waals surface area contributed by atoms with E-state index in [-0.39, 0.29) is 24.0 Å². The summed E-state index contributed by atoms with van der Waals surface area (Å²) >= 11 is 7.29. The van der Waals surface area contributed by atoms with Gasteiger partial charge in [-0.1, -0.05) is 53.7 Å². The number of hydrogen-bond donors (Lipinski definition) is 1. The Hall–Kier alpha value is -2.84. The van der Waals surface area contributed by atoms with E-state index in [1.165, 1.54) is 23.9 Å². The fourth-order valence-electron chi connectivity index (χ4n) is 2.43. The van der Waals surface area contributed by atoms with Crippen LogP contribution in [-0.4, -0.2) is 26.4 Å². The molecule has 1 heterocycles. The number of anilines is 1. The van der Waals surface area contributed by atoms with Gasteiger partial charge in [0.15, 0.2) is 11.0 Å². The van der Waals surface area contributed by atoms with Gasteiger partial charge in [0, 0.05) is 6.54 Å². The van der Waals surface area contributed by atoms with Gasteiger partial charge in [0.05, 0.1) is 16.5 Å². The van der Waals surface area contributed by atoms with Gasteiger partial charge in [-0.25, -0.2) is 4.39 Å². The maximum absolute atomic E-state index is 13.7. The van der Waals surface area contributed by atoms with Gasteiger partial charge in [0.2, 0.25) is 5.91 Å². The number of para-hydroxylation sites is 2. The van der Waals surface area contributed by atoms with Crippen molar-refractivity contribution in [3.8, 4) is 5.75 Å². The Bertz CT molecular complexity index is 1010. The summed E-state index contributed by atoms with van der Waals surface area (Å²) in [4.78, 5) is 12.1. The zero-order valence-corrected chi connectivity index (χ0v) is 16.9. The fourth-order valence-corrected chi connectivity index (χ4v) is 3.39. The number of thioether (sulfide) groups is 1. The number of carbonyl (C=O) groups excluding carboxylic acids is 1. The first-order chi connectivity index (χ1) is 14.1. The Labute approximate surface area is 176 Å². The summed E-state index contributed by atoms with van der Waals surface area (Å²) in [6.45, 7) is 4.35. The highest BCUT2D eigenvalue weighted by Crippen LogP contribution is 2.25. The van der Waals surface area contributed by atoms with Gasteiger partial charge in [-0.3, -0.25) is 9.36 Å². The van der Waals surface area contributed by atoms with Crippen molar-refractivity contribution in [3.63, 3.8) is 0 Å². The number of benzene rings is 2. The molecule has 0 saturated heterocycles. The molecule has 9 heteroatoms. The number of nitrogens with zero attached hydrogens (tertiary/aromatic N) is 3. The molecule has 0 unspecified atom stereocenters. The molecule has 3 rings (SSSR count). The molecule has 2 aromatic carbocycles. The third-order valence-electron chi connectivity index (χ3n) is 3.78. The summed E-state index contributed by atoms with van der Waals surface area (Å²) in [6, 6.07) is 13.1. The normalized spacial score (nSPS) is 10.6. The van der Waals surface area contributed by atoms with Crippen LogP contribution in [0.15, 0.2) is 66.3 Å². The van der Waals surface area contributed by atoms with E-state index < -0.39 is 5.82 Å². The third-order valence-corrected chi connectivity index (χ3v) is 5.06. The van der Waals surface area contributed by atoms with Crippen molar-refractivity contribution in [3.05, 3.63) is 77.9 Å². The zero-order chi connectivity index (χ0) is 20.6. The van der Waals surface area contributed by atoms with Crippen molar-refractivity contribution in [2.24, 2.45) is 0 Å². The number of nitrogens with one attached hydrogen (secondary N) is 1. The van der Waals surface area contributed by atoms with Gasteiger partial charge in [0.25, 0.3) is 0 Å². The van der Waals surface area contributed by atoms with Crippen LogP contribution >= 0.6 is 23.4 Å². The quantitative estimate of drug-likeness (QED) is 0.396. The topological polar surface area (TPSA) is 69.0 Å². The summed E-state index contributed by atoms with van der Waals surface area (Å²) in [5, 5.41) is 11.8. The van der Waals surface area contributed by atoms with Crippen LogP contribution in [0.1, 0.15) is 5.82 Å². The highest BCUT2D eigenvalue weighted by molar-refractivity contribution is 7.99. The minimum Gasteiger partial charge on any atom is -0.484 e. The number of carbonyl (C=O) groups is 1. The smallest absolute Gasteiger partial charge is 0.234 e. The summed E-state index contributed by atoms with van der Waals surface area (Å²) in [5.41, 5.74) is 0.138. The molecule has 1 aromatic heterocycles. The highest BCUT2D eigenvalue weighted by atomic mass is 35.5. The predicted molar refractivity (Wildman–Crippen MR) is 112 cm³/mol. The molecule has 0 fully saturated rings. The lowest BCUT2D eigenvalue weighted by Crippen LogP contribution is -2.15. The Balaban J connectivity index is 1.63. The second-order valence-electron chi connectivity index (χ2n) is 5.83. The standard InChI is InChI=1S/C20H18ClFN4O2S/c1-2-11-26-18(12-28-17-10-6-3-7-14(17)21)24-25-20(26)29-13-19(27)23-16-9-5-4-8-15(16)22/h2-10H,1,11-13H2,(H,23,27). The largest absolute Gasteiger partial charge is 0.484 e. The number of rotatable bonds is 9. The second-order valence-corrected chi connectivity index (χ2v) is 7.18. The molecule has 150 valence electrons. The van der Waals surface area contributed by atoms with E-state index in [0.717, 1.165) is 0 Å². The maximum Gasteiger partial charge on any atom is 0.234 e. The molecule has 1 N–H and O–H groups in total. The number of aromatic nitrogens is 3. The van der Waals surface area contributed by atoms with E-state index in [1.54, 1.807) is 34.9 Å². The van der Waals surface area contributed by atoms with Gasteiger partial charge >= 0.3 is 0 Å². The summed E-state index contributed by atoms with van der Waals surface area (Å²) in [5.74, 6) is 0.332. The minimum absolute atomic E-state index is 0.0506. The number of allylic oxidation sites excluding steroid dienone is 1. The molecule has 0 aliphatic heterocycles. The van der Waals surface area contributed by atoms with Crippen LogP contribution in [-0.2, 0) is 17.9 Å². The molecule has 0 radical (unpaired) electrons. The van der Waals surface area contributed by atoms with Crippen LogP contribution in [0.25, 0.3) is 0 Å². The molecular weight excluding hydrogens is 415 g/mol. The SMILES string of the molecule is C=CCn1c(COc2ccccc2Cl)nnc1SCC(=O)Nc1ccccc1F. The molecule has 0 bridgehead atoms. The average molecular weight is 433 g/mol. The minimum atomic E-state index is -0.486. The molecule has 0 atom stereocenters. The Morgan fingerprint density at radius 3 is 2.76 bits per heavy atom. The molecule has 0 spiro atoms. The van der Waals surface area contributed by atoms with Gasteiger partial charge in [-0.15, -0.1) is 16.8 Å². The van der Waals surface area contributed by atoms with Crippen molar-refractivity contribution in [2.45, 2.75) is 18.3 Å². The van der Waals surface area contributed by atoms with Crippen molar-refractivity contribution >= 4 is 35.0 Å². The Morgan fingerprint density at radius 1 is 1.24 bits per heavy atom. The van der Waals surface area contributed by atoms with E-state index in [4.69, 9.17) is 16.3 Å². The highest BCUT2D eigenvalue weighted by Gasteiger charge is 2.15. The first-order valence-electron chi connectivity index (χ1n) is 8.66. The third kappa shape index (κ3) is 5.58. The Morgan fingerprint density at radius 2 is 2.00 bits per heavy atom. The van der Waals surface area contributed by atoms with Crippen molar-refractivity contribution in [1.82, 2.24) is 14.8 Å². The summed E-state index contributed by atoms with van der Waals surface area (Å²) in [7, 11) is 0. The van der Waals surface area contributed by atoms with Crippen LogP contribution in [0.4, 0.5) is 10.1 Å². The first-order valence-corrected chi connectivity index (χ1v) is 10.0. The van der Waals surface area contributed by atoms with Crippen molar-refractivity contribution in [2.75, 3.05) is 11.1 Å². The van der Waals surface area contributed by atoms with Crippen molar-refractivity contribution < 1.29 is 13.9 Å². The van der Waals surface area contributed by atoms with E-state index in [2.05, 4.69) is 22.1 Å². The molecule has 0 aliphatic carbocycles. The van der Waals surface area contributed by atoms with Crippen LogP contribution in [0.3, 0.4) is 0 Å². The van der Waals surface area contributed by atoms with Gasteiger partial charge < -0.3 is 10.1 Å². The van der Waals surface area contributed by atoms with Crippen LogP contribution in [0.2, 0.25) is 5.02 Å². The van der Waals surface area contributed by atoms with Crippen LogP contribution < -0.4 is 10.1 Å². The molecular formula is C20H18ClFN4O2S. The lowest BCUT2D eigenvalue weighted by atomic mass is 10.3. The van der Waals surface area contributed by atoms with E-state index in [1.807, 2.05) is 12.1 Å². The van der Waals surface area contributed by atoms with E-state index >= 15 is 0 Å². The van der Waals surface area contributed by atoms with Crippen LogP contribution in [0.5, 0.6) is 5.75 Å². The zero-order valence-electron chi connectivity index (χ0n) is 15.3. The monoisotopic (exact) mass is 432 g/mol. The maximum atomic E-state index is 13.7. The molecule has 1 amide bonds. The first kappa shape index (κ1) is 20.9. The molecule has 0 aliphatic rings. The second kappa shape index (κ2) is 10.1. The van der Waals surface area contributed by atoms with E-state index in [0.29, 0.717) is 28.3 Å². The fraction of sp³-hybridized carbons (Fsp3) is 0.150. The molecule has 29 heavy (non-hydrogen) atoms.